The van der Waals surface area contributed by atoms with E-state index in [2.05, 4.69) is 15.3 Å². The van der Waals surface area contributed by atoms with Gasteiger partial charge in [-0.3, -0.25) is 4.79 Å². The average Bonchev–Trinajstić information content (AvgIpc) is 2.28. The van der Waals surface area contributed by atoms with Crippen LogP contribution in [-0.2, 0) is 0 Å². The van der Waals surface area contributed by atoms with Crippen LogP contribution in [0.25, 0.3) is 10.9 Å². The summed E-state index contributed by atoms with van der Waals surface area (Å²) in [6.45, 7) is 0. The molecule has 0 atom stereocenters. The molecule has 1 aromatic carbocycles. The predicted octanol–water partition coefficient (Wildman–Crippen LogP) is 1.64. The number of carbonyl (C=O) groups is 1. The fourth-order valence-corrected chi connectivity index (χ4v) is 1.49. The first-order valence-corrected chi connectivity index (χ1v) is 4.74. The number of rotatable bonds is 1. The fourth-order valence-electron chi connectivity index (χ4n) is 1.25. The molecule has 0 bridgehead atoms. The number of carbonyl (C=O) groups excluding carboxylic acids is 1. The number of hydrogen-bond acceptors (Lipinski definition) is 3. The van der Waals surface area contributed by atoms with Gasteiger partial charge in [0.15, 0.2) is 0 Å². The number of nitrogens with zero attached hydrogens (tertiary/aromatic N) is 2. The summed E-state index contributed by atoms with van der Waals surface area (Å²) in [6.07, 6.45) is 0. The molecule has 76 valence electrons. The lowest BCUT2D eigenvalue weighted by atomic mass is 10.2. The molecule has 15 heavy (non-hydrogen) atoms. The largest absolute Gasteiger partial charge is 0.352 e. The SMILES string of the molecule is CNC(=O)c1nc(Cl)c2ccccc2n1. The molecule has 0 spiro atoms. The van der Waals surface area contributed by atoms with Crippen molar-refractivity contribution in [2.45, 2.75) is 0 Å². The van der Waals surface area contributed by atoms with E-state index in [1.165, 1.54) is 7.05 Å². The third-order valence-corrected chi connectivity index (χ3v) is 2.27. The first kappa shape index (κ1) is 9.86. The van der Waals surface area contributed by atoms with Gasteiger partial charge < -0.3 is 5.32 Å². The van der Waals surface area contributed by atoms with Crippen LogP contribution in [0.5, 0.6) is 0 Å². The van der Waals surface area contributed by atoms with E-state index < -0.39 is 0 Å². The quantitative estimate of drug-likeness (QED) is 0.745. The minimum Gasteiger partial charge on any atom is -0.352 e. The van der Waals surface area contributed by atoms with Crippen molar-refractivity contribution >= 4 is 28.4 Å². The highest BCUT2D eigenvalue weighted by Crippen LogP contribution is 2.19. The van der Waals surface area contributed by atoms with E-state index in [1.54, 1.807) is 6.07 Å². The average molecular weight is 222 g/mol. The van der Waals surface area contributed by atoms with Crippen molar-refractivity contribution in [2.24, 2.45) is 0 Å². The second-order valence-corrected chi connectivity index (χ2v) is 3.29. The maximum atomic E-state index is 11.3. The van der Waals surface area contributed by atoms with Crippen LogP contribution in [0.1, 0.15) is 10.6 Å². The first-order valence-electron chi connectivity index (χ1n) is 4.36. The lowest BCUT2D eigenvalue weighted by Gasteiger charge is -2.02. The lowest BCUT2D eigenvalue weighted by molar-refractivity contribution is 0.0953. The van der Waals surface area contributed by atoms with E-state index in [-0.39, 0.29) is 11.7 Å². The molecule has 5 heteroatoms. The minimum absolute atomic E-state index is 0.0844. The van der Waals surface area contributed by atoms with Crippen LogP contribution < -0.4 is 5.32 Å². The van der Waals surface area contributed by atoms with Crippen molar-refractivity contribution in [3.05, 3.63) is 35.2 Å². The maximum Gasteiger partial charge on any atom is 0.288 e. The number of halogens is 1. The van der Waals surface area contributed by atoms with Gasteiger partial charge in [0, 0.05) is 12.4 Å². The Balaban J connectivity index is 2.67. The topological polar surface area (TPSA) is 54.9 Å². The van der Waals surface area contributed by atoms with Gasteiger partial charge in [-0.25, -0.2) is 9.97 Å². The molecule has 0 fully saturated rings. The van der Waals surface area contributed by atoms with Crippen LogP contribution in [0.2, 0.25) is 5.15 Å². The zero-order chi connectivity index (χ0) is 10.8. The molecule has 1 aromatic heterocycles. The van der Waals surface area contributed by atoms with Gasteiger partial charge in [0.25, 0.3) is 5.91 Å². The standard InChI is InChI=1S/C10H8ClN3O/c1-12-10(15)9-13-7-5-3-2-4-6(7)8(11)14-9/h2-5H,1H3,(H,12,15). The molecule has 1 heterocycles. The third-order valence-electron chi connectivity index (χ3n) is 1.99. The highest BCUT2D eigenvalue weighted by atomic mass is 35.5. The Labute approximate surface area is 91.3 Å². The molecule has 2 aromatic rings. The van der Waals surface area contributed by atoms with Gasteiger partial charge in [-0.05, 0) is 12.1 Å². The smallest absolute Gasteiger partial charge is 0.288 e. The molecule has 0 saturated carbocycles. The van der Waals surface area contributed by atoms with E-state index in [4.69, 9.17) is 11.6 Å². The molecule has 0 saturated heterocycles. The maximum absolute atomic E-state index is 11.3. The summed E-state index contributed by atoms with van der Waals surface area (Å²) in [5.74, 6) is -0.260. The summed E-state index contributed by atoms with van der Waals surface area (Å²) in [4.78, 5) is 19.3. The zero-order valence-electron chi connectivity index (χ0n) is 7.99. The Morgan fingerprint density at radius 2 is 2.07 bits per heavy atom. The van der Waals surface area contributed by atoms with Crippen molar-refractivity contribution in [2.75, 3.05) is 7.05 Å². The third kappa shape index (κ3) is 1.76. The Hall–Kier alpha value is -1.68. The minimum atomic E-state index is -0.345. The lowest BCUT2D eigenvalue weighted by Crippen LogP contribution is -2.20. The summed E-state index contributed by atoms with van der Waals surface area (Å²) >= 11 is 5.93. The number of nitrogens with one attached hydrogen (secondary N) is 1. The highest BCUT2D eigenvalue weighted by Gasteiger charge is 2.10. The number of para-hydroxylation sites is 1. The van der Waals surface area contributed by atoms with Crippen LogP contribution >= 0.6 is 11.6 Å². The highest BCUT2D eigenvalue weighted by molar-refractivity contribution is 6.34. The second kappa shape index (κ2) is 3.82. The summed E-state index contributed by atoms with van der Waals surface area (Å²) in [6, 6.07) is 7.27. The fraction of sp³-hybridized carbons (Fsp3) is 0.100. The van der Waals surface area contributed by atoms with Crippen LogP contribution in [0, 0.1) is 0 Å². The van der Waals surface area contributed by atoms with Gasteiger partial charge >= 0.3 is 0 Å². The number of benzene rings is 1. The van der Waals surface area contributed by atoms with Gasteiger partial charge in [0.1, 0.15) is 5.15 Å². The van der Waals surface area contributed by atoms with E-state index in [0.717, 1.165) is 5.39 Å². The van der Waals surface area contributed by atoms with Crippen molar-refractivity contribution in [1.82, 2.24) is 15.3 Å². The normalized spacial score (nSPS) is 10.3. The molecule has 2 rings (SSSR count). The molecule has 0 unspecified atom stereocenters. The van der Waals surface area contributed by atoms with E-state index in [1.807, 2.05) is 18.2 Å². The number of aromatic nitrogens is 2. The van der Waals surface area contributed by atoms with E-state index in [0.29, 0.717) is 10.7 Å². The van der Waals surface area contributed by atoms with Crippen molar-refractivity contribution in [3.63, 3.8) is 0 Å². The van der Waals surface area contributed by atoms with Gasteiger partial charge in [0.05, 0.1) is 5.52 Å². The Bertz CT molecular complexity index is 527. The van der Waals surface area contributed by atoms with Crippen LogP contribution in [-0.4, -0.2) is 22.9 Å². The van der Waals surface area contributed by atoms with Gasteiger partial charge in [0.2, 0.25) is 5.82 Å². The number of fused-ring (bicyclic) bond motifs is 1. The Morgan fingerprint density at radius 3 is 2.80 bits per heavy atom. The summed E-state index contributed by atoms with van der Waals surface area (Å²) < 4.78 is 0. The molecule has 0 aliphatic rings. The Kier molecular flexibility index (Phi) is 2.51. The van der Waals surface area contributed by atoms with Gasteiger partial charge in [-0.1, -0.05) is 23.7 Å². The molecule has 1 N–H and O–H groups in total. The molecular formula is C10H8ClN3O. The molecular weight excluding hydrogens is 214 g/mol. The summed E-state index contributed by atoms with van der Waals surface area (Å²) in [5, 5.41) is 3.48. The second-order valence-electron chi connectivity index (χ2n) is 2.93. The summed E-state index contributed by atoms with van der Waals surface area (Å²) in [7, 11) is 1.52. The Morgan fingerprint density at radius 1 is 1.33 bits per heavy atom. The monoisotopic (exact) mass is 221 g/mol. The van der Waals surface area contributed by atoms with E-state index in [9.17, 15) is 4.79 Å². The molecule has 1 amide bonds. The molecule has 0 aliphatic heterocycles. The van der Waals surface area contributed by atoms with Crippen molar-refractivity contribution in [1.29, 1.82) is 0 Å². The number of amides is 1. The predicted molar refractivity (Wildman–Crippen MR) is 57.9 cm³/mol. The van der Waals surface area contributed by atoms with Crippen LogP contribution in [0.3, 0.4) is 0 Å². The van der Waals surface area contributed by atoms with Crippen molar-refractivity contribution < 1.29 is 4.79 Å². The van der Waals surface area contributed by atoms with E-state index >= 15 is 0 Å². The van der Waals surface area contributed by atoms with Gasteiger partial charge in [-0.2, -0.15) is 0 Å². The van der Waals surface area contributed by atoms with Gasteiger partial charge in [-0.15, -0.1) is 0 Å². The zero-order valence-corrected chi connectivity index (χ0v) is 8.75. The van der Waals surface area contributed by atoms with Crippen molar-refractivity contribution in [3.8, 4) is 0 Å². The summed E-state index contributed by atoms with van der Waals surface area (Å²) in [5.41, 5.74) is 0.663. The molecule has 0 aliphatic carbocycles. The molecule has 0 radical (unpaired) electrons. The van der Waals surface area contributed by atoms with Crippen LogP contribution in [0.15, 0.2) is 24.3 Å². The first-order chi connectivity index (χ1) is 7.22. The number of hydrogen-bond donors (Lipinski definition) is 1. The van der Waals surface area contributed by atoms with Crippen LogP contribution in [0.4, 0.5) is 0 Å². The molecule has 4 nitrogen and oxygen atoms in total.